The van der Waals surface area contributed by atoms with Crippen molar-refractivity contribution in [3.63, 3.8) is 0 Å². The molecule has 0 heterocycles. The number of aliphatic hydroxyl groups is 1. The summed E-state index contributed by atoms with van der Waals surface area (Å²) in [5.74, 6) is -1.03. The van der Waals surface area contributed by atoms with Gasteiger partial charge in [-0.05, 0) is 12.8 Å². The van der Waals surface area contributed by atoms with Gasteiger partial charge in [0.1, 0.15) is 6.10 Å². The molecule has 2 atom stereocenters. The molecule has 0 spiro atoms. The average molecular weight is 266 g/mol. The number of hydrogen-bond donors (Lipinski definition) is 2. The fraction of sp³-hybridized carbons (Fsp3) is 0.818. The first kappa shape index (κ1) is 16.2. The second-order valence-electron chi connectivity index (χ2n) is 3.72. The molecule has 1 amide bonds. The van der Waals surface area contributed by atoms with Crippen molar-refractivity contribution in [2.24, 2.45) is 5.92 Å². The van der Waals surface area contributed by atoms with Crippen LogP contribution in [-0.2, 0) is 14.3 Å². The van der Waals surface area contributed by atoms with E-state index in [9.17, 15) is 14.7 Å². The van der Waals surface area contributed by atoms with Gasteiger partial charge < -0.3 is 15.2 Å². The van der Waals surface area contributed by atoms with Crippen LogP contribution in [0.3, 0.4) is 0 Å². The molecule has 0 saturated heterocycles. The van der Waals surface area contributed by atoms with Crippen LogP contribution in [0.5, 0.6) is 0 Å². The first-order valence-electron chi connectivity index (χ1n) is 5.73. The highest BCUT2D eigenvalue weighted by atomic mass is 35.5. The van der Waals surface area contributed by atoms with Crippen LogP contribution < -0.4 is 5.32 Å². The summed E-state index contributed by atoms with van der Waals surface area (Å²) in [7, 11) is 0. The van der Waals surface area contributed by atoms with E-state index in [4.69, 9.17) is 16.3 Å². The Balaban J connectivity index is 5.03. The van der Waals surface area contributed by atoms with Crippen molar-refractivity contribution in [2.75, 3.05) is 6.61 Å². The summed E-state index contributed by atoms with van der Waals surface area (Å²) in [5, 5.41) is 12.3. The number of amides is 1. The van der Waals surface area contributed by atoms with Crippen molar-refractivity contribution in [2.45, 2.75) is 44.7 Å². The molecule has 0 rings (SSSR count). The molecule has 0 fully saturated rings. The minimum absolute atomic E-state index is 0.128. The van der Waals surface area contributed by atoms with Gasteiger partial charge in [-0.25, -0.2) is 4.79 Å². The Kier molecular flexibility index (Phi) is 7.15. The highest BCUT2D eigenvalue weighted by Crippen LogP contribution is 2.27. The fourth-order valence-corrected chi connectivity index (χ4v) is 1.92. The smallest absolute Gasteiger partial charge is 0.350 e. The van der Waals surface area contributed by atoms with Gasteiger partial charge in [0.25, 0.3) is 0 Å². The second kappa shape index (κ2) is 7.50. The number of alkyl halides is 1. The lowest BCUT2D eigenvalue weighted by Crippen LogP contribution is -2.58. The molecule has 5 nitrogen and oxygen atoms in total. The largest absolute Gasteiger partial charge is 0.463 e. The summed E-state index contributed by atoms with van der Waals surface area (Å²) in [6.45, 7) is 5.50. The number of nitrogens with one attached hydrogen (secondary N) is 1. The molecule has 0 bridgehead atoms. The van der Waals surface area contributed by atoms with Crippen molar-refractivity contribution in [3.8, 4) is 0 Å². The lowest BCUT2D eigenvalue weighted by molar-refractivity contribution is -0.154. The van der Waals surface area contributed by atoms with Crippen LogP contribution in [0.25, 0.3) is 0 Å². The molecule has 0 aliphatic carbocycles. The standard InChI is InChI=1S/C11H20ClNO4/c1-4-8(5-2)9(15)11(12,13-7-14)10(16)17-6-3/h7-9,15H,4-6H2,1-3H3,(H,13,14). The van der Waals surface area contributed by atoms with Crippen molar-refractivity contribution in [3.05, 3.63) is 0 Å². The Bertz CT molecular complexity index is 258. The lowest BCUT2D eigenvalue weighted by atomic mass is 9.91. The number of ether oxygens (including phenoxy) is 1. The van der Waals surface area contributed by atoms with Gasteiger partial charge in [-0.2, -0.15) is 0 Å². The van der Waals surface area contributed by atoms with Gasteiger partial charge in [0, 0.05) is 0 Å². The maximum absolute atomic E-state index is 11.7. The Morgan fingerprint density at radius 2 is 2.00 bits per heavy atom. The summed E-state index contributed by atoms with van der Waals surface area (Å²) in [4.78, 5) is 20.3. The van der Waals surface area contributed by atoms with Crippen LogP contribution in [0.4, 0.5) is 0 Å². The number of carbonyl (C=O) groups excluding carboxylic acids is 2. The summed E-state index contributed by atoms with van der Waals surface area (Å²) < 4.78 is 4.77. The van der Waals surface area contributed by atoms with Gasteiger partial charge in [0.05, 0.1) is 6.61 Å². The molecule has 0 aromatic rings. The van der Waals surface area contributed by atoms with Gasteiger partial charge in [-0.1, -0.05) is 38.3 Å². The average Bonchev–Trinajstić information content (AvgIpc) is 2.30. The fourth-order valence-electron chi connectivity index (χ4n) is 1.65. The van der Waals surface area contributed by atoms with E-state index >= 15 is 0 Å². The third-order valence-electron chi connectivity index (χ3n) is 2.74. The third kappa shape index (κ3) is 3.85. The van der Waals surface area contributed by atoms with Gasteiger partial charge in [-0.3, -0.25) is 4.79 Å². The molecule has 0 aromatic carbocycles. The van der Waals surface area contributed by atoms with Crippen molar-refractivity contribution in [1.82, 2.24) is 5.32 Å². The molecule has 0 aliphatic heterocycles. The van der Waals surface area contributed by atoms with Crippen LogP contribution >= 0.6 is 11.6 Å². The third-order valence-corrected chi connectivity index (χ3v) is 3.23. The number of aliphatic hydroxyl groups excluding tert-OH is 1. The van der Waals surface area contributed by atoms with Gasteiger partial charge in [0.15, 0.2) is 0 Å². The van der Waals surface area contributed by atoms with Crippen molar-refractivity contribution >= 4 is 24.0 Å². The van der Waals surface area contributed by atoms with E-state index in [0.717, 1.165) is 0 Å². The SMILES string of the molecule is CCOC(=O)C(Cl)(NC=O)C(O)C(CC)CC. The summed E-state index contributed by atoms with van der Waals surface area (Å²) in [6.07, 6.45) is 0.386. The number of carbonyl (C=O) groups is 2. The van der Waals surface area contributed by atoms with Crippen LogP contribution in [0.1, 0.15) is 33.6 Å². The van der Waals surface area contributed by atoms with E-state index in [0.29, 0.717) is 12.8 Å². The normalized spacial score (nSPS) is 16.1. The zero-order valence-electron chi connectivity index (χ0n) is 10.4. The van der Waals surface area contributed by atoms with Gasteiger partial charge in [0.2, 0.25) is 11.4 Å². The molecule has 2 unspecified atom stereocenters. The Labute approximate surface area is 106 Å². The molecule has 2 N–H and O–H groups in total. The van der Waals surface area contributed by atoms with Gasteiger partial charge in [-0.15, -0.1) is 0 Å². The Morgan fingerprint density at radius 3 is 2.35 bits per heavy atom. The second-order valence-corrected chi connectivity index (χ2v) is 4.31. The lowest BCUT2D eigenvalue weighted by Gasteiger charge is -2.33. The molecule has 0 aliphatic rings. The number of halogens is 1. The highest BCUT2D eigenvalue weighted by Gasteiger charge is 2.47. The zero-order valence-corrected chi connectivity index (χ0v) is 11.2. The molecule has 0 aromatic heterocycles. The monoisotopic (exact) mass is 265 g/mol. The van der Waals surface area contributed by atoms with Crippen LogP contribution in [0.2, 0.25) is 0 Å². The predicted molar refractivity (Wildman–Crippen MR) is 64.5 cm³/mol. The topological polar surface area (TPSA) is 75.6 Å². The Morgan fingerprint density at radius 1 is 1.47 bits per heavy atom. The highest BCUT2D eigenvalue weighted by molar-refractivity contribution is 6.34. The van der Waals surface area contributed by atoms with Crippen molar-refractivity contribution in [1.29, 1.82) is 0 Å². The molecular weight excluding hydrogens is 246 g/mol. The zero-order chi connectivity index (χ0) is 13.5. The summed E-state index contributed by atoms with van der Waals surface area (Å²) in [6, 6.07) is 0. The van der Waals surface area contributed by atoms with E-state index in [1.807, 2.05) is 13.8 Å². The molecule has 0 saturated carbocycles. The van der Waals surface area contributed by atoms with E-state index in [1.165, 1.54) is 0 Å². The minimum atomic E-state index is -1.91. The number of hydrogen-bond acceptors (Lipinski definition) is 4. The van der Waals surface area contributed by atoms with E-state index < -0.39 is 17.1 Å². The van der Waals surface area contributed by atoms with Crippen molar-refractivity contribution < 1.29 is 19.4 Å². The molecular formula is C11H20ClNO4. The number of esters is 1. The summed E-state index contributed by atoms with van der Waals surface area (Å²) >= 11 is 6.00. The van der Waals surface area contributed by atoms with Crippen LogP contribution in [-0.4, -0.2) is 35.2 Å². The molecule has 6 heteroatoms. The maximum Gasteiger partial charge on any atom is 0.350 e. The van der Waals surface area contributed by atoms with Crippen LogP contribution in [0.15, 0.2) is 0 Å². The Hall–Kier alpha value is -0.810. The number of rotatable bonds is 8. The molecule has 100 valence electrons. The quantitative estimate of drug-likeness (QED) is 0.297. The first-order valence-corrected chi connectivity index (χ1v) is 6.11. The predicted octanol–water partition coefficient (Wildman–Crippen LogP) is 1.03. The first-order chi connectivity index (χ1) is 7.97. The maximum atomic E-state index is 11.7. The van der Waals surface area contributed by atoms with Gasteiger partial charge >= 0.3 is 5.97 Å². The van der Waals surface area contributed by atoms with E-state index in [2.05, 4.69) is 5.32 Å². The molecule has 17 heavy (non-hydrogen) atoms. The molecule has 0 radical (unpaired) electrons. The van der Waals surface area contributed by atoms with Crippen LogP contribution in [0, 0.1) is 5.92 Å². The van der Waals surface area contributed by atoms with E-state index in [1.54, 1.807) is 6.92 Å². The summed E-state index contributed by atoms with van der Waals surface area (Å²) in [5.41, 5.74) is 0. The van der Waals surface area contributed by atoms with E-state index in [-0.39, 0.29) is 18.9 Å². The minimum Gasteiger partial charge on any atom is -0.463 e.